The maximum absolute atomic E-state index is 14.0. The molecule has 0 saturated carbocycles. The normalized spacial score (nSPS) is 22.5. The number of aromatic nitrogens is 4. The predicted octanol–water partition coefficient (Wildman–Crippen LogP) is 4.60. The van der Waals surface area contributed by atoms with Gasteiger partial charge in [-0.1, -0.05) is 0 Å². The average Bonchev–Trinajstić information content (AvgIpc) is 3.32. The van der Waals surface area contributed by atoms with Crippen LogP contribution in [0.5, 0.6) is 0 Å². The third-order valence-corrected chi connectivity index (χ3v) is 8.04. The minimum absolute atomic E-state index is 0.0779. The van der Waals surface area contributed by atoms with Crippen molar-refractivity contribution in [2.75, 3.05) is 49.6 Å². The van der Waals surface area contributed by atoms with Gasteiger partial charge >= 0.3 is 6.18 Å². The summed E-state index contributed by atoms with van der Waals surface area (Å²) in [4.78, 5) is 18.6. The molecule has 3 aliphatic heterocycles. The standard InChI is InChI=1S/C26H32F3N7O/c27-26(28,29)20-15-32-24(33-17-3-1-9-30-13-17)35-22(20)19-14-31-23-18(19)4-5-21(34-23)36-10-2-6-25(16-36)7-11-37-12-8-25/h4-5,14-15,17,30H,1-3,6-13,16H2,(H,31,34)(H,32,33,35)/t17-/m0/s1. The molecule has 6 rings (SSSR count). The number of nitrogens with zero attached hydrogens (tertiary/aromatic N) is 4. The Hall–Kier alpha value is -2.92. The maximum atomic E-state index is 14.0. The quantitative estimate of drug-likeness (QED) is 0.468. The number of nitrogens with one attached hydrogen (secondary N) is 3. The van der Waals surface area contributed by atoms with Crippen molar-refractivity contribution in [2.24, 2.45) is 5.41 Å². The molecule has 0 aliphatic carbocycles. The van der Waals surface area contributed by atoms with Gasteiger partial charge in [-0.2, -0.15) is 13.2 Å². The first-order valence-electron chi connectivity index (χ1n) is 13.1. The molecular formula is C26H32F3N7O. The van der Waals surface area contributed by atoms with Crippen LogP contribution in [0.1, 0.15) is 44.1 Å². The molecule has 3 aliphatic rings. The second kappa shape index (κ2) is 9.75. The first-order valence-corrected chi connectivity index (χ1v) is 13.1. The summed E-state index contributed by atoms with van der Waals surface area (Å²) in [5, 5.41) is 7.09. The number of H-pyrrole nitrogens is 1. The van der Waals surface area contributed by atoms with Crippen LogP contribution in [0.4, 0.5) is 24.9 Å². The average molecular weight is 516 g/mol. The van der Waals surface area contributed by atoms with E-state index in [2.05, 4.69) is 30.5 Å². The van der Waals surface area contributed by atoms with Gasteiger partial charge in [-0.15, -0.1) is 0 Å². The highest BCUT2D eigenvalue weighted by Gasteiger charge is 2.38. The number of hydrogen-bond donors (Lipinski definition) is 3. The zero-order valence-corrected chi connectivity index (χ0v) is 20.7. The van der Waals surface area contributed by atoms with E-state index >= 15 is 0 Å². The van der Waals surface area contributed by atoms with Gasteiger partial charge in [0.25, 0.3) is 0 Å². The second-order valence-electron chi connectivity index (χ2n) is 10.5. The van der Waals surface area contributed by atoms with Crippen molar-refractivity contribution in [3.8, 4) is 11.3 Å². The third kappa shape index (κ3) is 4.98. The summed E-state index contributed by atoms with van der Waals surface area (Å²) < 4.78 is 47.5. The van der Waals surface area contributed by atoms with Crippen molar-refractivity contribution in [1.29, 1.82) is 0 Å². The maximum Gasteiger partial charge on any atom is 0.419 e. The van der Waals surface area contributed by atoms with Crippen LogP contribution in [0, 0.1) is 5.41 Å². The number of ether oxygens (including phenoxy) is 1. The van der Waals surface area contributed by atoms with Crippen LogP contribution in [0.25, 0.3) is 22.3 Å². The van der Waals surface area contributed by atoms with Gasteiger partial charge in [0.05, 0.1) is 5.69 Å². The Kier molecular flexibility index (Phi) is 6.44. The Labute approximate surface area is 213 Å². The third-order valence-electron chi connectivity index (χ3n) is 8.04. The summed E-state index contributed by atoms with van der Waals surface area (Å²) in [6, 6.07) is 3.85. The molecule has 0 radical (unpaired) electrons. The molecule has 0 aromatic carbocycles. The van der Waals surface area contributed by atoms with E-state index in [1.165, 1.54) is 6.42 Å². The molecule has 1 spiro atoms. The van der Waals surface area contributed by atoms with Crippen molar-refractivity contribution in [2.45, 2.75) is 50.7 Å². The van der Waals surface area contributed by atoms with Gasteiger partial charge in [0.15, 0.2) is 0 Å². The molecule has 0 bridgehead atoms. The van der Waals surface area contributed by atoms with Crippen LogP contribution < -0.4 is 15.5 Å². The largest absolute Gasteiger partial charge is 0.419 e. The van der Waals surface area contributed by atoms with Crippen LogP contribution in [0.2, 0.25) is 0 Å². The summed E-state index contributed by atoms with van der Waals surface area (Å²) >= 11 is 0. The van der Waals surface area contributed by atoms with E-state index in [1.807, 2.05) is 12.1 Å². The van der Waals surface area contributed by atoms with E-state index in [-0.39, 0.29) is 23.1 Å². The highest BCUT2D eigenvalue weighted by molar-refractivity contribution is 5.94. The molecule has 198 valence electrons. The first kappa shape index (κ1) is 24.4. The lowest BCUT2D eigenvalue weighted by atomic mass is 9.74. The van der Waals surface area contributed by atoms with Gasteiger partial charge in [-0.3, -0.25) is 0 Å². The van der Waals surface area contributed by atoms with Crippen LogP contribution in [-0.4, -0.2) is 65.4 Å². The number of aromatic amines is 1. The van der Waals surface area contributed by atoms with Gasteiger partial charge in [0.2, 0.25) is 5.95 Å². The van der Waals surface area contributed by atoms with Gasteiger partial charge in [-0.05, 0) is 62.6 Å². The molecule has 6 heterocycles. The fraction of sp³-hybridized carbons (Fsp3) is 0.577. The number of anilines is 2. The highest BCUT2D eigenvalue weighted by Crippen LogP contribution is 2.42. The molecule has 37 heavy (non-hydrogen) atoms. The summed E-state index contributed by atoms with van der Waals surface area (Å²) in [6.45, 7) is 5.12. The van der Waals surface area contributed by atoms with E-state index in [1.54, 1.807) is 6.20 Å². The van der Waals surface area contributed by atoms with E-state index in [4.69, 9.17) is 9.72 Å². The Balaban J connectivity index is 1.31. The number of rotatable bonds is 4. The Morgan fingerprint density at radius 1 is 1.11 bits per heavy atom. The lowest BCUT2D eigenvalue weighted by Crippen LogP contribution is -2.46. The zero-order chi connectivity index (χ0) is 25.5. The SMILES string of the molecule is FC(F)(F)c1cnc(N[C@H]2CCCNC2)nc1-c1c[nH]c2nc(N3CCCC4(CCOCC4)C3)ccc12. The Morgan fingerprint density at radius 3 is 2.76 bits per heavy atom. The number of hydrogen-bond acceptors (Lipinski definition) is 7. The topological polar surface area (TPSA) is 91.0 Å². The zero-order valence-electron chi connectivity index (χ0n) is 20.7. The van der Waals surface area contributed by atoms with Crippen molar-refractivity contribution in [1.82, 2.24) is 25.3 Å². The molecule has 0 amide bonds. The summed E-state index contributed by atoms with van der Waals surface area (Å²) in [7, 11) is 0. The van der Waals surface area contributed by atoms with E-state index in [9.17, 15) is 13.2 Å². The summed E-state index contributed by atoms with van der Waals surface area (Å²) in [6.07, 6.45) is 4.18. The van der Waals surface area contributed by atoms with Crippen LogP contribution >= 0.6 is 0 Å². The van der Waals surface area contributed by atoms with E-state index < -0.39 is 11.7 Å². The summed E-state index contributed by atoms with van der Waals surface area (Å²) in [5.74, 6) is 1.04. The molecule has 3 aromatic heterocycles. The molecule has 11 heteroatoms. The van der Waals surface area contributed by atoms with Crippen molar-refractivity contribution < 1.29 is 17.9 Å². The monoisotopic (exact) mass is 515 g/mol. The predicted molar refractivity (Wildman–Crippen MR) is 136 cm³/mol. The first-order chi connectivity index (χ1) is 17.9. The second-order valence-corrected chi connectivity index (χ2v) is 10.5. The van der Waals surface area contributed by atoms with Crippen molar-refractivity contribution in [3.63, 3.8) is 0 Å². The van der Waals surface area contributed by atoms with E-state index in [0.29, 0.717) is 16.6 Å². The minimum atomic E-state index is -4.58. The number of halogens is 3. The van der Waals surface area contributed by atoms with Gasteiger partial charge < -0.3 is 25.3 Å². The van der Waals surface area contributed by atoms with Gasteiger partial charge in [0.1, 0.15) is 17.0 Å². The van der Waals surface area contributed by atoms with Crippen molar-refractivity contribution >= 4 is 22.8 Å². The molecule has 3 N–H and O–H groups in total. The number of fused-ring (bicyclic) bond motifs is 1. The fourth-order valence-electron chi connectivity index (χ4n) is 6.00. The Bertz CT molecular complexity index is 1240. The molecule has 8 nitrogen and oxygen atoms in total. The molecule has 1 atom stereocenters. The lowest BCUT2D eigenvalue weighted by Gasteiger charge is -2.45. The number of alkyl halides is 3. The fourth-order valence-corrected chi connectivity index (χ4v) is 6.00. The van der Waals surface area contributed by atoms with E-state index in [0.717, 1.165) is 83.5 Å². The summed E-state index contributed by atoms with van der Waals surface area (Å²) in [5.41, 5.74) is 0.175. The molecule has 0 unspecified atom stereocenters. The molecule has 3 saturated heterocycles. The van der Waals surface area contributed by atoms with Crippen molar-refractivity contribution in [3.05, 3.63) is 30.1 Å². The van der Waals surface area contributed by atoms with Crippen LogP contribution in [-0.2, 0) is 10.9 Å². The lowest BCUT2D eigenvalue weighted by molar-refractivity contribution is -0.137. The highest BCUT2D eigenvalue weighted by atomic mass is 19.4. The smallest absolute Gasteiger partial charge is 0.381 e. The molecular weight excluding hydrogens is 483 g/mol. The van der Waals surface area contributed by atoms with Gasteiger partial charge in [0, 0.05) is 62.2 Å². The number of pyridine rings is 1. The minimum Gasteiger partial charge on any atom is -0.381 e. The molecule has 3 aromatic rings. The Morgan fingerprint density at radius 2 is 1.97 bits per heavy atom. The van der Waals surface area contributed by atoms with Gasteiger partial charge in [-0.25, -0.2) is 15.0 Å². The molecule has 3 fully saturated rings. The van der Waals surface area contributed by atoms with Crippen LogP contribution in [0.15, 0.2) is 24.5 Å². The van der Waals surface area contributed by atoms with Crippen LogP contribution in [0.3, 0.4) is 0 Å². The number of piperidine rings is 2.